The molecule has 0 atom stereocenters. The Balaban J connectivity index is 1.27. The number of nitrogens with zero attached hydrogens (tertiary/aromatic N) is 3. The van der Waals surface area contributed by atoms with Crippen LogP contribution in [0.3, 0.4) is 0 Å². The molecule has 148 valence electrons. The van der Waals surface area contributed by atoms with Crippen LogP contribution < -0.4 is 9.64 Å². The summed E-state index contributed by atoms with van der Waals surface area (Å²) in [5.74, 6) is 1.52. The van der Waals surface area contributed by atoms with Crippen molar-refractivity contribution in [2.45, 2.75) is 26.2 Å². The zero-order chi connectivity index (χ0) is 19.3. The van der Waals surface area contributed by atoms with E-state index in [4.69, 9.17) is 4.74 Å². The molecule has 1 aliphatic rings. The van der Waals surface area contributed by atoms with E-state index in [0.717, 1.165) is 51.5 Å². The average Bonchev–Trinajstić information content (AvgIpc) is 3.11. The van der Waals surface area contributed by atoms with Gasteiger partial charge >= 0.3 is 0 Å². The minimum absolute atomic E-state index is 0.459. The molecule has 1 saturated heterocycles. The number of anilines is 1. The quantitative estimate of drug-likeness (QED) is 0.559. The van der Waals surface area contributed by atoms with Crippen LogP contribution in [-0.4, -0.2) is 48.6 Å². The van der Waals surface area contributed by atoms with Gasteiger partial charge in [-0.15, -0.1) is 0 Å². The van der Waals surface area contributed by atoms with Crippen molar-refractivity contribution in [3.63, 3.8) is 0 Å². The first-order valence-electron chi connectivity index (χ1n) is 10.5. The van der Waals surface area contributed by atoms with Gasteiger partial charge in [0.15, 0.2) is 0 Å². The van der Waals surface area contributed by atoms with Crippen molar-refractivity contribution < 1.29 is 4.74 Å². The minimum Gasteiger partial charge on any atom is -0.491 e. The third-order valence-electron chi connectivity index (χ3n) is 5.64. The van der Waals surface area contributed by atoms with E-state index in [-0.39, 0.29) is 0 Å². The van der Waals surface area contributed by atoms with Crippen LogP contribution in [0.4, 0.5) is 5.69 Å². The van der Waals surface area contributed by atoms with E-state index < -0.39 is 0 Å². The van der Waals surface area contributed by atoms with Gasteiger partial charge in [0.2, 0.25) is 0 Å². The molecule has 0 spiro atoms. The van der Waals surface area contributed by atoms with Crippen LogP contribution in [0.5, 0.6) is 5.75 Å². The summed E-state index contributed by atoms with van der Waals surface area (Å²) in [6.45, 7) is 10.8. The molecule has 4 rings (SSSR count). The standard InChI is InChI=1S/C24H31N3O/c1-20(2)22-19-27-13-7-6-11-23(27)24(22)28-18-8-12-25-14-16-26(17-15-25)21-9-4-3-5-10-21/h3-7,9-11,13,19-20H,8,12,14-18H2,1-2H3. The van der Waals surface area contributed by atoms with E-state index in [9.17, 15) is 0 Å². The fraction of sp³-hybridized carbons (Fsp3) is 0.417. The molecule has 1 aromatic carbocycles. The Morgan fingerprint density at radius 3 is 2.43 bits per heavy atom. The van der Waals surface area contributed by atoms with Gasteiger partial charge < -0.3 is 14.0 Å². The number of rotatable bonds is 7. The van der Waals surface area contributed by atoms with E-state index in [1.54, 1.807) is 0 Å². The number of piperazine rings is 1. The number of aromatic nitrogens is 1. The van der Waals surface area contributed by atoms with Crippen molar-refractivity contribution in [3.8, 4) is 5.75 Å². The van der Waals surface area contributed by atoms with Gasteiger partial charge in [0.05, 0.1) is 12.1 Å². The maximum Gasteiger partial charge on any atom is 0.148 e. The lowest BCUT2D eigenvalue weighted by Crippen LogP contribution is -2.46. The monoisotopic (exact) mass is 377 g/mol. The number of pyridine rings is 1. The Hall–Kier alpha value is -2.46. The smallest absolute Gasteiger partial charge is 0.148 e. The van der Waals surface area contributed by atoms with Gasteiger partial charge in [-0.1, -0.05) is 38.1 Å². The lowest BCUT2D eigenvalue weighted by Gasteiger charge is -2.36. The molecule has 0 amide bonds. The van der Waals surface area contributed by atoms with Crippen LogP contribution in [-0.2, 0) is 0 Å². The van der Waals surface area contributed by atoms with E-state index in [1.807, 2.05) is 0 Å². The van der Waals surface area contributed by atoms with Crippen molar-refractivity contribution in [2.24, 2.45) is 0 Å². The Morgan fingerprint density at radius 1 is 0.929 bits per heavy atom. The molecule has 0 unspecified atom stereocenters. The number of benzene rings is 1. The highest BCUT2D eigenvalue weighted by molar-refractivity contribution is 5.65. The van der Waals surface area contributed by atoms with Gasteiger partial charge in [0.25, 0.3) is 0 Å². The van der Waals surface area contributed by atoms with E-state index >= 15 is 0 Å². The lowest BCUT2D eigenvalue weighted by molar-refractivity contribution is 0.225. The van der Waals surface area contributed by atoms with Crippen molar-refractivity contribution in [1.82, 2.24) is 9.30 Å². The molecule has 0 N–H and O–H groups in total. The summed E-state index contributed by atoms with van der Waals surface area (Å²) in [4.78, 5) is 5.04. The molecule has 4 nitrogen and oxygen atoms in total. The molecule has 2 aromatic heterocycles. The predicted molar refractivity (Wildman–Crippen MR) is 117 cm³/mol. The highest BCUT2D eigenvalue weighted by atomic mass is 16.5. The maximum atomic E-state index is 6.28. The Labute approximate surface area is 168 Å². The second-order valence-electron chi connectivity index (χ2n) is 7.93. The van der Waals surface area contributed by atoms with Crippen molar-refractivity contribution >= 4 is 11.2 Å². The van der Waals surface area contributed by atoms with Crippen LogP contribution in [0, 0.1) is 0 Å². The van der Waals surface area contributed by atoms with E-state index in [1.165, 1.54) is 16.8 Å². The number of para-hydroxylation sites is 1. The SMILES string of the molecule is CC(C)c1cn2ccccc2c1OCCCN1CCN(c2ccccc2)CC1. The molecule has 0 aliphatic carbocycles. The summed E-state index contributed by atoms with van der Waals surface area (Å²) in [5, 5.41) is 0. The van der Waals surface area contributed by atoms with Crippen LogP contribution in [0.15, 0.2) is 60.9 Å². The molecule has 4 heteroatoms. The zero-order valence-electron chi connectivity index (χ0n) is 17.1. The fourth-order valence-electron chi connectivity index (χ4n) is 4.02. The summed E-state index contributed by atoms with van der Waals surface area (Å²) in [7, 11) is 0. The predicted octanol–water partition coefficient (Wildman–Crippen LogP) is 4.65. The number of ether oxygens (including phenoxy) is 1. The lowest BCUT2D eigenvalue weighted by atomic mass is 10.1. The van der Waals surface area contributed by atoms with Crippen LogP contribution in [0.2, 0.25) is 0 Å². The van der Waals surface area contributed by atoms with Crippen LogP contribution in [0.25, 0.3) is 5.52 Å². The van der Waals surface area contributed by atoms with E-state index in [0.29, 0.717) is 5.92 Å². The summed E-state index contributed by atoms with van der Waals surface area (Å²) < 4.78 is 8.45. The highest BCUT2D eigenvalue weighted by Gasteiger charge is 2.17. The van der Waals surface area contributed by atoms with Crippen molar-refractivity contribution in [2.75, 3.05) is 44.2 Å². The molecule has 1 aliphatic heterocycles. The molecule has 0 radical (unpaired) electrons. The maximum absolute atomic E-state index is 6.28. The van der Waals surface area contributed by atoms with E-state index in [2.05, 4.69) is 89.0 Å². The van der Waals surface area contributed by atoms with Gasteiger partial charge in [-0.05, 0) is 36.6 Å². The molecule has 28 heavy (non-hydrogen) atoms. The number of fused-ring (bicyclic) bond motifs is 1. The average molecular weight is 378 g/mol. The molecular formula is C24H31N3O. The molecule has 3 heterocycles. The normalized spacial score (nSPS) is 15.5. The number of hydrogen-bond acceptors (Lipinski definition) is 3. The van der Waals surface area contributed by atoms with Crippen LogP contribution in [0.1, 0.15) is 31.7 Å². The summed E-state index contributed by atoms with van der Waals surface area (Å²) >= 11 is 0. The first-order chi connectivity index (χ1) is 13.7. The Bertz CT molecular complexity index is 879. The van der Waals surface area contributed by atoms with Crippen molar-refractivity contribution in [1.29, 1.82) is 0 Å². The fourth-order valence-corrected chi connectivity index (χ4v) is 4.02. The molecule has 3 aromatic rings. The second kappa shape index (κ2) is 8.70. The second-order valence-corrected chi connectivity index (χ2v) is 7.93. The zero-order valence-corrected chi connectivity index (χ0v) is 17.1. The first-order valence-corrected chi connectivity index (χ1v) is 10.5. The molecule has 0 saturated carbocycles. The van der Waals surface area contributed by atoms with Crippen LogP contribution >= 0.6 is 0 Å². The Kier molecular flexibility index (Phi) is 5.87. The molecule has 1 fully saturated rings. The van der Waals surface area contributed by atoms with Gasteiger partial charge in [-0.25, -0.2) is 0 Å². The Morgan fingerprint density at radius 2 is 1.68 bits per heavy atom. The first kappa shape index (κ1) is 18.9. The minimum atomic E-state index is 0.459. The molecule has 0 bridgehead atoms. The van der Waals surface area contributed by atoms with Crippen molar-refractivity contribution in [3.05, 3.63) is 66.5 Å². The number of hydrogen-bond donors (Lipinski definition) is 0. The van der Waals surface area contributed by atoms with Gasteiger partial charge in [-0.2, -0.15) is 0 Å². The third-order valence-corrected chi connectivity index (χ3v) is 5.64. The topological polar surface area (TPSA) is 20.1 Å². The van der Waals surface area contributed by atoms with Gasteiger partial charge in [0.1, 0.15) is 5.75 Å². The summed E-state index contributed by atoms with van der Waals surface area (Å²) in [5.41, 5.74) is 3.80. The largest absolute Gasteiger partial charge is 0.491 e. The molecular weight excluding hydrogens is 346 g/mol. The summed E-state index contributed by atoms with van der Waals surface area (Å²) in [6, 6.07) is 17.0. The third kappa shape index (κ3) is 4.17. The highest BCUT2D eigenvalue weighted by Crippen LogP contribution is 2.32. The summed E-state index contributed by atoms with van der Waals surface area (Å²) in [6.07, 6.45) is 5.37. The van der Waals surface area contributed by atoms with Gasteiger partial charge in [-0.3, -0.25) is 4.90 Å². The van der Waals surface area contributed by atoms with Gasteiger partial charge in [0, 0.05) is 56.4 Å².